The van der Waals surface area contributed by atoms with Crippen LogP contribution in [0.1, 0.15) is 23.5 Å². The van der Waals surface area contributed by atoms with Crippen LogP contribution >= 0.6 is 0 Å². The third kappa shape index (κ3) is 2.13. The van der Waals surface area contributed by atoms with Crippen molar-refractivity contribution in [3.63, 3.8) is 0 Å². The molecule has 1 fully saturated rings. The molecule has 1 aliphatic rings. The smallest absolute Gasteiger partial charge is 0.0897 e. The fourth-order valence-corrected chi connectivity index (χ4v) is 1.75. The van der Waals surface area contributed by atoms with E-state index >= 15 is 0 Å². The van der Waals surface area contributed by atoms with E-state index in [-0.39, 0.29) is 6.67 Å². The molecular weight excluding hydrogens is 177 g/mol. The van der Waals surface area contributed by atoms with E-state index in [0.29, 0.717) is 12.3 Å². The van der Waals surface area contributed by atoms with Gasteiger partial charge in [-0.25, -0.2) is 0 Å². The number of alkyl halides is 1. The van der Waals surface area contributed by atoms with Crippen LogP contribution in [-0.2, 0) is 6.42 Å². The highest BCUT2D eigenvalue weighted by Crippen LogP contribution is 2.20. The van der Waals surface area contributed by atoms with Gasteiger partial charge in [-0.2, -0.15) is 0 Å². The van der Waals surface area contributed by atoms with Gasteiger partial charge in [-0.3, -0.25) is 4.39 Å². The second-order valence-corrected chi connectivity index (χ2v) is 3.89. The molecule has 0 aromatic heterocycles. The minimum atomic E-state index is -0.214. The monoisotopic (exact) mass is 193 g/mol. The van der Waals surface area contributed by atoms with Gasteiger partial charge < -0.3 is 5.32 Å². The van der Waals surface area contributed by atoms with Crippen LogP contribution in [0.5, 0.6) is 0 Å². The van der Waals surface area contributed by atoms with Crippen molar-refractivity contribution < 1.29 is 4.39 Å². The Morgan fingerprint density at radius 2 is 1.93 bits per heavy atom. The van der Waals surface area contributed by atoms with Gasteiger partial charge in [0.2, 0.25) is 0 Å². The van der Waals surface area contributed by atoms with E-state index < -0.39 is 0 Å². The van der Waals surface area contributed by atoms with Gasteiger partial charge in [0.25, 0.3) is 0 Å². The molecule has 1 N–H and O–H groups in total. The second kappa shape index (κ2) is 4.56. The molecule has 0 spiro atoms. The third-order valence-corrected chi connectivity index (χ3v) is 2.83. The molecule has 1 aromatic carbocycles. The number of aryl methyl sites for hydroxylation is 1. The van der Waals surface area contributed by atoms with Gasteiger partial charge in [0.1, 0.15) is 0 Å². The summed E-state index contributed by atoms with van der Waals surface area (Å²) in [5, 5.41) is 3.26. The van der Waals surface area contributed by atoms with Crippen molar-refractivity contribution in [3.8, 4) is 0 Å². The van der Waals surface area contributed by atoms with Crippen molar-refractivity contribution in [2.45, 2.75) is 18.8 Å². The summed E-state index contributed by atoms with van der Waals surface area (Å²) in [6.45, 7) is 1.99. The van der Waals surface area contributed by atoms with E-state index in [1.807, 2.05) is 0 Å². The Kier molecular flexibility index (Phi) is 3.14. The fraction of sp³-hybridized carbons (Fsp3) is 0.500. The topological polar surface area (TPSA) is 12.0 Å². The SMILES string of the molecule is FCCCc1ccc(C2CNC2)cc1. The van der Waals surface area contributed by atoms with Crippen molar-refractivity contribution in [1.82, 2.24) is 5.32 Å². The minimum Gasteiger partial charge on any atom is -0.315 e. The van der Waals surface area contributed by atoms with Crippen molar-refractivity contribution in [2.24, 2.45) is 0 Å². The maximum Gasteiger partial charge on any atom is 0.0897 e. The maximum atomic E-state index is 11.9. The van der Waals surface area contributed by atoms with E-state index in [9.17, 15) is 4.39 Å². The Balaban J connectivity index is 1.95. The third-order valence-electron chi connectivity index (χ3n) is 2.83. The molecule has 2 heteroatoms. The molecule has 2 rings (SSSR count). The highest BCUT2D eigenvalue weighted by Gasteiger charge is 2.17. The first-order chi connectivity index (χ1) is 6.90. The van der Waals surface area contributed by atoms with E-state index in [4.69, 9.17) is 0 Å². The normalized spacial score (nSPS) is 16.6. The number of nitrogens with one attached hydrogen (secondary N) is 1. The van der Waals surface area contributed by atoms with Crippen LogP contribution in [0, 0.1) is 0 Å². The Morgan fingerprint density at radius 3 is 2.43 bits per heavy atom. The van der Waals surface area contributed by atoms with Crippen LogP contribution in [0.15, 0.2) is 24.3 Å². The van der Waals surface area contributed by atoms with Crippen molar-refractivity contribution in [3.05, 3.63) is 35.4 Å². The minimum absolute atomic E-state index is 0.214. The second-order valence-electron chi connectivity index (χ2n) is 3.89. The lowest BCUT2D eigenvalue weighted by Crippen LogP contribution is -2.39. The van der Waals surface area contributed by atoms with Crippen LogP contribution in [0.25, 0.3) is 0 Å². The molecule has 0 aliphatic carbocycles. The molecule has 1 aliphatic heterocycles. The number of rotatable bonds is 4. The first-order valence-electron chi connectivity index (χ1n) is 5.25. The summed E-state index contributed by atoms with van der Waals surface area (Å²) in [6, 6.07) is 8.62. The number of hydrogen-bond donors (Lipinski definition) is 1. The Hall–Kier alpha value is -0.890. The number of benzene rings is 1. The summed E-state index contributed by atoms with van der Waals surface area (Å²) < 4.78 is 11.9. The van der Waals surface area contributed by atoms with Crippen molar-refractivity contribution in [1.29, 1.82) is 0 Å². The van der Waals surface area contributed by atoms with Gasteiger partial charge in [0.05, 0.1) is 6.67 Å². The van der Waals surface area contributed by atoms with Crippen LogP contribution in [0.3, 0.4) is 0 Å². The first-order valence-corrected chi connectivity index (χ1v) is 5.25. The standard InChI is InChI=1S/C12H16FN/c13-7-1-2-10-3-5-11(6-4-10)12-8-14-9-12/h3-6,12,14H,1-2,7-9H2. The summed E-state index contributed by atoms with van der Waals surface area (Å²) in [5.74, 6) is 0.699. The zero-order valence-electron chi connectivity index (χ0n) is 8.30. The summed E-state index contributed by atoms with van der Waals surface area (Å²) >= 11 is 0. The summed E-state index contributed by atoms with van der Waals surface area (Å²) in [4.78, 5) is 0. The van der Waals surface area contributed by atoms with E-state index in [1.165, 1.54) is 11.1 Å². The summed E-state index contributed by atoms with van der Waals surface area (Å²) in [5.41, 5.74) is 2.66. The van der Waals surface area contributed by atoms with Gasteiger partial charge in [-0.1, -0.05) is 24.3 Å². The quantitative estimate of drug-likeness (QED) is 0.773. The summed E-state index contributed by atoms with van der Waals surface area (Å²) in [6.07, 6.45) is 1.50. The predicted molar refractivity (Wildman–Crippen MR) is 56.3 cm³/mol. The van der Waals surface area contributed by atoms with Crippen LogP contribution in [0.4, 0.5) is 4.39 Å². The predicted octanol–water partition coefficient (Wildman–Crippen LogP) is 2.28. The Morgan fingerprint density at radius 1 is 1.21 bits per heavy atom. The van der Waals surface area contributed by atoms with Gasteiger partial charge in [-0.15, -0.1) is 0 Å². The largest absolute Gasteiger partial charge is 0.315 e. The lowest BCUT2D eigenvalue weighted by molar-refractivity contribution is 0.448. The van der Waals surface area contributed by atoms with E-state index in [2.05, 4.69) is 29.6 Å². The molecule has 0 unspecified atom stereocenters. The molecule has 1 aromatic rings. The zero-order chi connectivity index (χ0) is 9.80. The molecule has 76 valence electrons. The average Bonchev–Trinajstić information content (AvgIpc) is 2.14. The van der Waals surface area contributed by atoms with Crippen molar-refractivity contribution in [2.75, 3.05) is 19.8 Å². The molecule has 0 saturated carbocycles. The average molecular weight is 193 g/mol. The van der Waals surface area contributed by atoms with Gasteiger partial charge in [0, 0.05) is 19.0 Å². The van der Waals surface area contributed by atoms with Crippen LogP contribution in [-0.4, -0.2) is 19.8 Å². The molecule has 1 saturated heterocycles. The maximum absolute atomic E-state index is 11.9. The van der Waals surface area contributed by atoms with E-state index in [0.717, 1.165) is 19.5 Å². The molecule has 0 radical (unpaired) electrons. The Bertz CT molecular complexity index is 277. The van der Waals surface area contributed by atoms with Crippen LogP contribution in [0.2, 0.25) is 0 Å². The molecule has 1 nitrogen and oxygen atoms in total. The van der Waals surface area contributed by atoms with Gasteiger partial charge in [0.15, 0.2) is 0 Å². The summed E-state index contributed by atoms with van der Waals surface area (Å²) in [7, 11) is 0. The number of halogens is 1. The Labute approximate surface area is 84.3 Å². The zero-order valence-corrected chi connectivity index (χ0v) is 8.30. The highest BCUT2D eigenvalue weighted by molar-refractivity contribution is 5.27. The molecule has 14 heavy (non-hydrogen) atoms. The number of hydrogen-bond acceptors (Lipinski definition) is 1. The van der Waals surface area contributed by atoms with E-state index in [1.54, 1.807) is 0 Å². The molecule has 0 bridgehead atoms. The first kappa shape index (κ1) is 9.66. The highest BCUT2D eigenvalue weighted by atomic mass is 19.1. The fourth-order valence-electron chi connectivity index (χ4n) is 1.75. The van der Waals surface area contributed by atoms with Crippen LogP contribution < -0.4 is 5.32 Å². The van der Waals surface area contributed by atoms with Gasteiger partial charge in [-0.05, 0) is 24.0 Å². The molecule has 0 amide bonds. The molecular formula is C12H16FN. The molecule has 0 atom stereocenters. The lowest BCUT2D eigenvalue weighted by atomic mass is 9.93. The lowest BCUT2D eigenvalue weighted by Gasteiger charge is -2.27. The van der Waals surface area contributed by atoms with Crippen molar-refractivity contribution >= 4 is 0 Å². The van der Waals surface area contributed by atoms with Gasteiger partial charge >= 0.3 is 0 Å². The molecule has 1 heterocycles.